The lowest BCUT2D eigenvalue weighted by Gasteiger charge is -2.04. The lowest BCUT2D eigenvalue weighted by atomic mass is 10.1. The normalized spacial score (nSPS) is 10.9. The largest absolute Gasteiger partial charge is 0.497 e. The molecule has 2 aromatic carbocycles. The van der Waals surface area contributed by atoms with Crippen LogP contribution in [0.15, 0.2) is 48.7 Å². The lowest BCUT2D eigenvalue weighted by molar-refractivity contribution is 0.0957. The number of carbonyl (C=O) groups excluding carboxylic acids is 1. The van der Waals surface area contributed by atoms with Gasteiger partial charge in [0.05, 0.1) is 19.9 Å². The SMILES string of the molecule is COc1cccc(-c2nc(C)c(C(=O)NCCc3c[nH]c4ccc(OC)cc34)s2)c1. The molecular weight excluding hydrogens is 398 g/mol. The zero-order valence-corrected chi connectivity index (χ0v) is 17.9. The first-order valence-electron chi connectivity index (χ1n) is 9.63. The molecule has 0 bridgehead atoms. The molecule has 30 heavy (non-hydrogen) atoms. The van der Waals surface area contributed by atoms with Gasteiger partial charge in [0.1, 0.15) is 21.4 Å². The smallest absolute Gasteiger partial charge is 0.263 e. The Hall–Kier alpha value is -3.32. The molecule has 2 aromatic heterocycles. The number of nitrogens with zero attached hydrogens (tertiary/aromatic N) is 1. The Kier molecular flexibility index (Phi) is 5.72. The maximum atomic E-state index is 12.7. The van der Waals surface area contributed by atoms with E-state index in [0.29, 0.717) is 11.4 Å². The van der Waals surface area contributed by atoms with Crippen LogP contribution in [-0.4, -0.2) is 36.6 Å². The van der Waals surface area contributed by atoms with Crippen molar-refractivity contribution in [3.8, 4) is 22.1 Å². The van der Waals surface area contributed by atoms with Gasteiger partial charge in [0.25, 0.3) is 5.91 Å². The van der Waals surface area contributed by atoms with Crippen molar-refractivity contribution >= 4 is 28.1 Å². The molecule has 154 valence electrons. The highest BCUT2D eigenvalue weighted by atomic mass is 32.1. The number of aromatic amines is 1. The van der Waals surface area contributed by atoms with Crippen molar-refractivity contribution in [2.45, 2.75) is 13.3 Å². The van der Waals surface area contributed by atoms with Crippen LogP contribution in [0.5, 0.6) is 11.5 Å². The minimum Gasteiger partial charge on any atom is -0.497 e. The van der Waals surface area contributed by atoms with Crippen LogP contribution in [0.2, 0.25) is 0 Å². The first kappa shape index (κ1) is 20.0. The molecule has 2 N–H and O–H groups in total. The van der Waals surface area contributed by atoms with E-state index in [9.17, 15) is 4.79 Å². The average molecular weight is 422 g/mol. The van der Waals surface area contributed by atoms with Gasteiger partial charge in [-0.15, -0.1) is 11.3 Å². The van der Waals surface area contributed by atoms with Crippen LogP contribution in [-0.2, 0) is 6.42 Å². The Balaban J connectivity index is 1.44. The highest BCUT2D eigenvalue weighted by Gasteiger charge is 2.16. The first-order chi connectivity index (χ1) is 14.6. The zero-order chi connectivity index (χ0) is 21.1. The number of aromatic nitrogens is 2. The molecule has 7 heteroatoms. The molecule has 2 heterocycles. The third kappa shape index (κ3) is 4.02. The van der Waals surface area contributed by atoms with E-state index >= 15 is 0 Å². The number of nitrogens with one attached hydrogen (secondary N) is 2. The van der Waals surface area contributed by atoms with Crippen LogP contribution in [0.3, 0.4) is 0 Å². The van der Waals surface area contributed by atoms with Crippen molar-refractivity contribution in [2.75, 3.05) is 20.8 Å². The van der Waals surface area contributed by atoms with E-state index in [2.05, 4.69) is 15.3 Å². The Morgan fingerprint density at radius 1 is 1.13 bits per heavy atom. The average Bonchev–Trinajstić information content (AvgIpc) is 3.36. The number of amides is 1. The molecule has 0 fully saturated rings. The molecule has 4 rings (SSSR count). The Morgan fingerprint density at radius 3 is 2.73 bits per heavy atom. The van der Waals surface area contributed by atoms with Crippen molar-refractivity contribution in [1.29, 1.82) is 0 Å². The summed E-state index contributed by atoms with van der Waals surface area (Å²) < 4.78 is 10.6. The van der Waals surface area contributed by atoms with E-state index in [4.69, 9.17) is 9.47 Å². The number of thiazole rings is 1. The molecule has 0 spiro atoms. The van der Waals surface area contributed by atoms with Gasteiger partial charge in [0, 0.05) is 29.2 Å². The molecule has 0 aliphatic heterocycles. The number of rotatable bonds is 7. The summed E-state index contributed by atoms with van der Waals surface area (Å²) >= 11 is 1.39. The molecule has 1 amide bonds. The Morgan fingerprint density at radius 2 is 1.93 bits per heavy atom. The summed E-state index contributed by atoms with van der Waals surface area (Å²) in [5.41, 5.74) is 3.86. The lowest BCUT2D eigenvalue weighted by Crippen LogP contribution is -2.25. The number of hydrogen-bond acceptors (Lipinski definition) is 5. The van der Waals surface area contributed by atoms with E-state index in [1.54, 1.807) is 14.2 Å². The summed E-state index contributed by atoms with van der Waals surface area (Å²) in [6.07, 6.45) is 2.70. The number of hydrogen-bond donors (Lipinski definition) is 2. The summed E-state index contributed by atoms with van der Waals surface area (Å²) in [6, 6.07) is 13.6. The maximum Gasteiger partial charge on any atom is 0.263 e. The number of carbonyl (C=O) groups is 1. The minimum atomic E-state index is -0.100. The van der Waals surface area contributed by atoms with Gasteiger partial charge in [-0.25, -0.2) is 4.98 Å². The van der Waals surface area contributed by atoms with Crippen molar-refractivity contribution in [3.63, 3.8) is 0 Å². The molecule has 0 aliphatic carbocycles. The summed E-state index contributed by atoms with van der Waals surface area (Å²) in [5, 5.41) is 4.94. The summed E-state index contributed by atoms with van der Waals surface area (Å²) in [4.78, 5) is 21.2. The molecule has 0 radical (unpaired) electrons. The zero-order valence-electron chi connectivity index (χ0n) is 17.1. The topological polar surface area (TPSA) is 76.2 Å². The van der Waals surface area contributed by atoms with E-state index in [1.807, 2.05) is 55.6 Å². The predicted molar refractivity (Wildman–Crippen MR) is 120 cm³/mol. The van der Waals surface area contributed by atoms with Crippen LogP contribution in [0.25, 0.3) is 21.5 Å². The molecule has 0 aliphatic rings. The number of benzene rings is 2. The van der Waals surface area contributed by atoms with Crippen LogP contribution in [0.1, 0.15) is 20.9 Å². The Labute approximate surface area is 178 Å². The van der Waals surface area contributed by atoms with Crippen LogP contribution < -0.4 is 14.8 Å². The first-order valence-corrected chi connectivity index (χ1v) is 10.4. The molecule has 0 unspecified atom stereocenters. The van der Waals surface area contributed by atoms with E-state index in [0.717, 1.165) is 50.7 Å². The number of fused-ring (bicyclic) bond motifs is 1. The van der Waals surface area contributed by atoms with Crippen LogP contribution >= 0.6 is 11.3 Å². The van der Waals surface area contributed by atoms with Crippen molar-refractivity contribution in [3.05, 3.63) is 64.8 Å². The number of methoxy groups -OCH3 is 2. The van der Waals surface area contributed by atoms with Crippen LogP contribution in [0.4, 0.5) is 0 Å². The third-order valence-electron chi connectivity index (χ3n) is 4.97. The third-order valence-corrected chi connectivity index (χ3v) is 6.18. The highest BCUT2D eigenvalue weighted by molar-refractivity contribution is 7.17. The molecule has 4 aromatic rings. The molecule has 0 atom stereocenters. The quantitative estimate of drug-likeness (QED) is 0.458. The fourth-order valence-electron chi connectivity index (χ4n) is 3.37. The van der Waals surface area contributed by atoms with Gasteiger partial charge in [-0.05, 0) is 49.2 Å². The summed E-state index contributed by atoms with van der Waals surface area (Å²) in [6.45, 7) is 2.40. The van der Waals surface area contributed by atoms with E-state index in [-0.39, 0.29) is 5.91 Å². The number of H-pyrrole nitrogens is 1. The van der Waals surface area contributed by atoms with Gasteiger partial charge < -0.3 is 19.8 Å². The number of aryl methyl sites for hydroxylation is 1. The van der Waals surface area contributed by atoms with Gasteiger partial charge in [-0.2, -0.15) is 0 Å². The van der Waals surface area contributed by atoms with E-state index in [1.165, 1.54) is 11.3 Å². The molecule has 0 saturated heterocycles. The van der Waals surface area contributed by atoms with Crippen molar-refractivity contribution < 1.29 is 14.3 Å². The summed E-state index contributed by atoms with van der Waals surface area (Å²) in [5.74, 6) is 1.48. The minimum absolute atomic E-state index is 0.100. The maximum absolute atomic E-state index is 12.7. The van der Waals surface area contributed by atoms with Crippen molar-refractivity contribution in [2.24, 2.45) is 0 Å². The second-order valence-corrected chi connectivity index (χ2v) is 7.90. The van der Waals surface area contributed by atoms with Gasteiger partial charge >= 0.3 is 0 Å². The monoisotopic (exact) mass is 421 g/mol. The standard InChI is InChI=1S/C23H23N3O3S/c1-14-21(30-23(26-14)15-5-4-6-17(11-15)28-2)22(27)24-10-9-16-13-25-20-8-7-18(29-3)12-19(16)20/h4-8,11-13,25H,9-10H2,1-3H3,(H,24,27). The molecule has 6 nitrogen and oxygen atoms in total. The van der Waals surface area contributed by atoms with Gasteiger partial charge in [0.15, 0.2) is 0 Å². The van der Waals surface area contributed by atoms with Crippen LogP contribution in [0, 0.1) is 6.92 Å². The fraction of sp³-hybridized carbons (Fsp3) is 0.217. The number of ether oxygens (including phenoxy) is 2. The highest BCUT2D eigenvalue weighted by Crippen LogP contribution is 2.30. The van der Waals surface area contributed by atoms with E-state index < -0.39 is 0 Å². The predicted octanol–water partition coefficient (Wildman–Crippen LogP) is 4.59. The molecule has 0 saturated carbocycles. The fourth-order valence-corrected chi connectivity index (χ4v) is 4.35. The molecular formula is C23H23N3O3S. The van der Waals surface area contributed by atoms with Crippen molar-refractivity contribution in [1.82, 2.24) is 15.3 Å². The Bertz CT molecular complexity index is 1200. The second kappa shape index (κ2) is 8.59. The van der Waals surface area contributed by atoms with Gasteiger partial charge in [-0.1, -0.05) is 12.1 Å². The van der Waals surface area contributed by atoms with Gasteiger partial charge in [-0.3, -0.25) is 4.79 Å². The second-order valence-electron chi connectivity index (χ2n) is 6.90. The summed E-state index contributed by atoms with van der Waals surface area (Å²) in [7, 11) is 3.29. The van der Waals surface area contributed by atoms with Gasteiger partial charge in [0.2, 0.25) is 0 Å².